The summed E-state index contributed by atoms with van der Waals surface area (Å²) in [5.74, 6) is 0. The monoisotopic (exact) mass is 268 g/mol. The molecule has 1 fully saturated rings. The molecule has 1 unspecified atom stereocenters. The number of rotatable bonds is 4. The summed E-state index contributed by atoms with van der Waals surface area (Å²) in [6, 6.07) is 0.221. The molecule has 18 heavy (non-hydrogen) atoms. The maximum atomic E-state index is 11.9. The molecule has 1 saturated heterocycles. The van der Waals surface area contributed by atoms with Crippen molar-refractivity contribution in [2.45, 2.75) is 32.0 Å². The van der Waals surface area contributed by atoms with E-state index >= 15 is 0 Å². The van der Waals surface area contributed by atoms with Gasteiger partial charge in [-0.3, -0.25) is 4.90 Å². The number of hydrogen-bond donors (Lipinski definition) is 0. The highest BCUT2D eigenvalue weighted by Crippen LogP contribution is 2.18. The molecule has 1 atom stereocenters. The van der Waals surface area contributed by atoms with Gasteiger partial charge in [0.15, 0.2) is 6.61 Å². The first-order chi connectivity index (χ1) is 8.33. The molecule has 1 aliphatic rings. The van der Waals surface area contributed by atoms with E-state index in [2.05, 4.69) is 9.64 Å². The minimum atomic E-state index is -4.47. The number of nitrogens with zero attached hydrogens (tertiary/aromatic N) is 2. The molecule has 0 saturated carbocycles. The molecule has 0 N–H and O–H groups in total. The molecule has 0 aromatic carbocycles. The van der Waals surface area contributed by atoms with Gasteiger partial charge in [-0.2, -0.15) is 13.2 Å². The van der Waals surface area contributed by atoms with Gasteiger partial charge in [0, 0.05) is 19.6 Å². The first kappa shape index (κ1) is 15.1. The minimum Gasteiger partial charge on any atom is -0.440 e. The van der Waals surface area contributed by atoms with E-state index in [-0.39, 0.29) is 6.04 Å². The fourth-order valence-corrected chi connectivity index (χ4v) is 2.16. The summed E-state index contributed by atoms with van der Waals surface area (Å²) >= 11 is 0. The normalized spacial score (nSPS) is 21.1. The minimum absolute atomic E-state index is 0.221. The number of halogens is 3. The van der Waals surface area contributed by atoms with Crippen LogP contribution in [0.1, 0.15) is 19.8 Å². The fraction of sp³-hybridized carbons (Fsp3) is 0.909. The highest BCUT2D eigenvalue weighted by molar-refractivity contribution is 5.67. The second-order valence-corrected chi connectivity index (χ2v) is 4.47. The van der Waals surface area contributed by atoms with Gasteiger partial charge in [-0.15, -0.1) is 0 Å². The lowest BCUT2D eigenvalue weighted by molar-refractivity contribution is -0.162. The quantitative estimate of drug-likeness (QED) is 0.782. The molecule has 0 aromatic heterocycles. The van der Waals surface area contributed by atoms with Crippen molar-refractivity contribution in [2.75, 3.05) is 33.3 Å². The van der Waals surface area contributed by atoms with Crippen molar-refractivity contribution in [1.29, 1.82) is 0 Å². The molecule has 0 aliphatic carbocycles. The number of carbonyl (C=O) groups is 1. The summed E-state index contributed by atoms with van der Waals surface area (Å²) in [6.45, 7) is 2.77. The van der Waals surface area contributed by atoms with Crippen molar-refractivity contribution in [3.05, 3.63) is 0 Å². The van der Waals surface area contributed by atoms with Crippen molar-refractivity contribution < 1.29 is 22.7 Å². The van der Waals surface area contributed by atoms with Crippen LogP contribution in [0, 0.1) is 0 Å². The third-order valence-electron chi connectivity index (χ3n) is 3.06. The fourth-order valence-electron chi connectivity index (χ4n) is 2.16. The Hall–Kier alpha value is -0.980. The van der Waals surface area contributed by atoms with E-state index in [4.69, 9.17) is 0 Å². The molecule has 0 bridgehead atoms. The largest absolute Gasteiger partial charge is 0.440 e. The van der Waals surface area contributed by atoms with Crippen molar-refractivity contribution >= 4 is 6.09 Å². The lowest BCUT2D eigenvalue weighted by Gasteiger charge is -2.27. The van der Waals surface area contributed by atoms with Crippen LogP contribution in [0.4, 0.5) is 18.0 Å². The van der Waals surface area contributed by atoms with E-state index in [0.29, 0.717) is 6.54 Å². The smallest absolute Gasteiger partial charge is 0.422 e. The van der Waals surface area contributed by atoms with Crippen molar-refractivity contribution in [3.8, 4) is 0 Å². The van der Waals surface area contributed by atoms with Gasteiger partial charge < -0.3 is 9.64 Å². The van der Waals surface area contributed by atoms with Crippen LogP contribution >= 0.6 is 0 Å². The third kappa shape index (κ3) is 4.72. The first-order valence-corrected chi connectivity index (χ1v) is 6.02. The molecule has 1 heterocycles. The number of likely N-dealkylation sites (N-methyl/N-ethyl adjacent to an activating group) is 2. The molecule has 0 aromatic rings. The second kappa shape index (κ2) is 6.26. The zero-order valence-electron chi connectivity index (χ0n) is 10.7. The van der Waals surface area contributed by atoms with Gasteiger partial charge in [0.25, 0.3) is 0 Å². The highest BCUT2D eigenvalue weighted by atomic mass is 19.4. The molecular formula is C11H19F3N2O2. The van der Waals surface area contributed by atoms with Gasteiger partial charge in [-0.25, -0.2) is 4.79 Å². The predicted molar refractivity (Wildman–Crippen MR) is 60.3 cm³/mol. The summed E-state index contributed by atoms with van der Waals surface area (Å²) in [5, 5.41) is 0. The number of carbonyl (C=O) groups excluding carboxylic acids is 1. The zero-order chi connectivity index (χ0) is 13.8. The number of hydrogen-bond acceptors (Lipinski definition) is 3. The number of alkyl halides is 3. The highest BCUT2D eigenvalue weighted by Gasteiger charge is 2.31. The molecular weight excluding hydrogens is 249 g/mol. The van der Waals surface area contributed by atoms with Crippen LogP contribution in [0.5, 0.6) is 0 Å². The van der Waals surface area contributed by atoms with Crippen molar-refractivity contribution in [2.24, 2.45) is 0 Å². The van der Waals surface area contributed by atoms with Gasteiger partial charge in [0.1, 0.15) is 0 Å². The average Bonchev–Trinajstić information content (AvgIpc) is 2.72. The maximum absolute atomic E-state index is 11.9. The predicted octanol–water partition coefficient (Wildman–Crippen LogP) is 2.10. The van der Waals surface area contributed by atoms with Crippen LogP contribution in [0.15, 0.2) is 0 Å². The Morgan fingerprint density at radius 3 is 2.72 bits per heavy atom. The lowest BCUT2D eigenvalue weighted by atomic mass is 10.2. The lowest BCUT2D eigenvalue weighted by Crippen LogP contribution is -2.41. The molecule has 1 rings (SSSR count). The third-order valence-corrected chi connectivity index (χ3v) is 3.06. The molecule has 106 valence electrons. The molecule has 0 radical (unpaired) electrons. The zero-order valence-corrected chi connectivity index (χ0v) is 10.7. The van der Waals surface area contributed by atoms with E-state index in [1.807, 2.05) is 6.92 Å². The van der Waals surface area contributed by atoms with Gasteiger partial charge in [0.2, 0.25) is 0 Å². The SMILES string of the molecule is CCN1CCCC1CN(C)C(=O)OCC(F)(F)F. The second-order valence-electron chi connectivity index (χ2n) is 4.47. The number of likely N-dealkylation sites (tertiary alicyclic amines) is 1. The van der Waals surface area contributed by atoms with E-state index in [1.165, 1.54) is 11.9 Å². The summed E-state index contributed by atoms with van der Waals surface area (Å²) in [4.78, 5) is 14.8. The summed E-state index contributed by atoms with van der Waals surface area (Å²) in [7, 11) is 1.46. The van der Waals surface area contributed by atoms with Crippen LogP contribution in [0.25, 0.3) is 0 Å². The summed E-state index contributed by atoms with van der Waals surface area (Å²) in [5.41, 5.74) is 0. The Morgan fingerprint density at radius 1 is 1.50 bits per heavy atom. The van der Waals surface area contributed by atoms with E-state index in [1.54, 1.807) is 0 Å². The standard InChI is InChI=1S/C11H19F3N2O2/c1-3-16-6-4-5-9(16)7-15(2)10(17)18-8-11(12,13)14/h9H,3-8H2,1-2H3. The van der Waals surface area contributed by atoms with Crippen molar-refractivity contribution in [3.63, 3.8) is 0 Å². The molecule has 1 amide bonds. The molecule has 7 heteroatoms. The summed E-state index contributed by atoms with van der Waals surface area (Å²) < 4.78 is 39.9. The molecule has 1 aliphatic heterocycles. The maximum Gasteiger partial charge on any atom is 0.422 e. The van der Waals surface area contributed by atoms with E-state index in [0.717, 1.165) is 25.9 Å². The van der Waals surface area contributed by atoms with Crippen LogP contribution < -0.4 is 0 Å². The van der Waals surface area contributed by atoms with Gasteiger partial charge in [-0.05, 0) is 25.9 Å². The topological polar surface area (TPSA) is 32.8 Å². The van der Waals surface area contributed by atoms with Crippen LogP contribution in [-0.4, -0.2) is 61.4 Å². The van der Waals surface area contributed by atoms with Crippen molar-refractivity contribution in [1.82, 2.24) is 9.80 Å². The average molecular weight is 268 g/mol. The molecule has 4 nitrogen and oxygen atoms in total. The van der Waals surface area contributed by atoms with Crippen LogP contribution in [0.3, 0.4) is 0 Å². The Balaban J connectivity index is 2.35. The van der Waals surface area contributed by atoms with Gasteiger partial charge >= 0.3 is 12.3 Å². The molecule has 0 spiro atoms. The van der Waals surface area contributed by atoms with Crippen LogP contribution in [0.2, 0.25) is 0 Å². The number of amides is 1. The Labute approximate surface area is 105 Å². The summed E-state index contributed by atoms with van der Waals surface area (Å²) in [6.07, 6.45) is -3.37. The Morgan fingerprint density at radius 2 is 2.17 bits per heavy atom. The Bertz CT molecular complexity index is 284. The van der Waals surface area contributed by atoms with Gasteiger partial charge in [-0.1, -0.05) is 6.92 Å². The first-order valence-electron chi connectivity index (χ1n) is 6.02. The van der Waals surface area contributed by atoms with E-state index < -0.39 is 18.9 Å². The Kier molecular flexibility index (Phi) is 5.25. The van der Waals surface area contributed by atoms with Gasteiger partial charge in [0.05, 0.1) is 0 Å². The van der Waals surface area contributed by atoms with E-state index in [9.17, 15) is 18.0 Å². The number of ether oxygens (including phenoxy) is 1. The van der Waals surface area contributed by atoms with Crippen LogP contribution in [-0.2, 0) is 4.74 Å².